The smallest absolute Gasteiger partial charge is 0.227 e. The first-order chi connectivity index (χ1) is 7.10. The van der Waals surface area contributed by atoms with E-state index in [2.05, 4.69) is 19.2 Å². The highest BCUT2D eigenvalue weighted by Crippen LogP contribution is 2.07. The summed E-state index contributed by atoms with van der Waals surface area (Å²) in [7, 11) is 0. The van der Waals surface area contributed by atoms with E-state index in [-0.39, 0.29) is 24.2 Å². The summed E-state index contributed by atoms with van der Waals surface area (Å²) in [6.07, 6.45) is 5.38. The summed E-state index contributed by atoms with van der Waals surface area (Å²) in [5.74, 6) is -0.199. The highest BCUT2D eigenvalue weighted by atomic mass is 16.2. The van der Waals surface area contributed by atoms with Gasteiger partial charge in [0, 0.05) is 6.04 Å². The third kappa shape index (κ3) is 8.16. The minimum absolute atomic E-state index is 0.0202. The lowest BCUT2D eigenvalue weighted by Crippen LogP contribution is -2.35. The number of ketones is 1. The predicted octanol–water partition coefficient (Wildman–Crippen LogP) is 2.44. The molecule has 0 rings (SSSR count). The Hall–Kier alpha value is -0.860. The molecule has 0 bridgehead atoms. The van der Waals surface area contributed by atoms with Gasteiger partial charge >= 0.3 is 0 Å². The molecule has 0 fully saturated rings. The molecule has 1 atom stereocenters. The van der Waals surface area contributed by atoms with Gasteiger partial charge in [0.15, 0.2) is 0 Å². The minimum Gasteiger partial charge on any atom is -0.353 e. The van der Waals surface area contributed by atoms with Crippen LogP contribution in [-0.2, 0) is 9.59 Å². The van der Waals surface area contributed by atoms with E-state index in [0.29, 0.717) is 0 Å². The first-order valence-electron chi connectivity index (χ1n) is 5.88. The average Bonchev–Trinajstić information content (AvgIpc) is 2.13. The second-order valence-corrected chi connectivity index (χ2v) is 4.07. The molecule has 15 heavy (non-hydrogen) atoms. The number of nitrogens with one attached hydrogen (secondary N) is 1. The van der Waals surface area contributed by atoms with Crippen LogP contribution in [0.4, 0.5) is 0 Å². The number of carbonyl (C=O) groups is 2. The van der Waals surface area contributed by atoms with Crippen molar-refractivity contribution in [2.24, 2.45) is 0 Å². The Balaban J connectivity index is 3.91. The third-order valence-electron chi connectivity index (χ3n) is 2.32. The van der Waals surface area contributed by atoms with Crippen molar-refractivity contribution in [3.8, 4) is 0 Å². The van der Waals surface area contributed by atoms with E-state index < -0.39 is 0 Å². The maximum atomic E-state index is 11.4. The molecule has 88 valence electrons. The summed E-state index contributed by atoms with van der Waals surface area (Å²) in [4.78, 5) is 22.1. The summed E-state index contributed by atoms with van der Waals surface area (Å²) in [6.45, 7) is 5.69. The van der Waals surface area contributed by atoms with Crippen LogP contribution in [0.25, 0.3) is 0 Å². The summed E-state index contributed by atoms with van der Waals surface area (Å²) < 4.78 is 0. The Morgan fingerprint density at radius 1 is 1.13 bits per heavy atom. The van der Waals surface area contributed by atoms with Crippen molar-refractivity contribution in [3.05, 3.63) is 0 Å². The van der Waals surface area contributed by atoms with Gasteiger partial charge in [-0.25, -0.2) is 0 Å². The van der Waals surface area contributed by atoms with Gasteiger partial charge in [-0.15, -0.1) is 0 Å². The molecule has 1 unspecified atom stereocenters. The second-order valence-electron chi connectivity index (χ2n) is 4.07. The molecule has 0 heterocycles. The van der Waals surface area contributed by atoms with Gasteiger partial charge in [0.05, 0.1) is 6.42 Å². The lowest BCUT2D eigenvalue weighted by atomic mass is 10.0. The Bertz CT molecular complexity index is 202. The second kappa shape index (κ2) is 8.45. The Labute approximate surface area is 92.6 Å². The minimum atomic E-state index is -0.128. The molecule has 0 aliphatic heterocycles. The van der Waals surface area contributed by atoms with Crippen molar-refractivity contribution in [2.75, 3.05) is 0 Å². The van der Waals surface area contributed by atoms with Crippen LogP contribution in [0.5, 0.6) is 0 Å². The van der Waals surface area contributed by atoms with Gasteiger partial charge in [0.1, 0.15) is 5.78 Å². The van der Waals surface area contributed by atoms with Crippen molar-refractivity contribution in [3.63, 3.8) is 0 Å². The fourth-order valence-electron chi connectivity index (χ4n) is 1.59. The highest BCUT2D eigenvalue weighted by Gasteiger charge is 2.11. The van der Waals surface area contributed by atoms with Crippen molar-refractivity contribution in [1.29, 1.82) is 0 Å². The zero-order valence-electron chi connectivity index (χ0n) is 10.1. The van der Waals surface area contributed by atoms with Crippen LogP contribution in [0.3, 0.4) is 0 Å². The molecule has 0 saturated heterocycles. The average molecular weight is 213 g/mol. The lowest BCUT2D eigenvalue weighted by molar-refractivity contribution is -0.127. The molecule has 0 saturated carbocycles. The van der Waals surface area contributed by atoms with Gasteiger partial charge in [-0.2, -0.15) is 0 Å². The van der Waals surface area contributed by atoms with Crippen LogP contribution in [0, 0.1) is 0 Å². The van der Waals surface area contributed by atoms with E-state index >= 15 is 0 Å². The van der Waals surface area contributed by atoms with Gasteiger partial charge in [-0.3, -0.25) is 9.59 Å². The number of unbranched alkanes of at least 4 members (excludes halogenated alkanes) is 1. The van der Waals surface area contributed by atoms with Crippen LogP contribution in [0.2, 0.25) is 0 Å². The molecule has 1 amide bonds. The van der Waals surface area contributed by atoms with Crippen molar-refractivity contribution in [1.82, 2.24) is 5.32 Å². The molecular weight excluding hydrogens is 190 g/mol. The number of amides is 1. The first kappa shape index (κ1) is 14.1. The SMILES string of the molecule is CCCCC(CCC)NC(=O)CC(C)=O. The van der Waals surface area contributed by atoms with Crippen molar-refractivity contribution < 1.29 is 9.59 Å². The van der Waals surface area contributed by atoms with Crippen LogP contribution in [-0.4, -0.2) is 17.7 Å². The normalized spacial score (nSPS) is 12.2. The van der Waals surface area contributed by atoms with Gasteiger partial charge in [0.25, 0.3) is 0 Å². The topological polar surface area (TPSA) is 46.2 Å². The quantitative estimate of drug-likeness (QED) is 0.629. The highest BCUT2D eigenvalue weighted by molar-refractivity contribution is 5.96. The monoisotopic (exact) mass is 213 g/mol. The van der Waals surface area contributed by atoms with E-state index in [0.717, 1.165) is 32.1 Å². The van der Waals surface area contributed by atoms with Crippen LogP contribution in [0.1, 0.15) is 59.3 Å². The molecular formula is C12H23NO2. The molecule has 0 aromatic rings. The number of Topliss-reactive ketones (excluding diaryl/α,β-unsaturated/α-hetero) is 1. The maximum absolute atomic E-state index is 11.4. The van der Waals surface area contributed by atoms with E-state index in [4.69, 9.17) is 0 Å². The Morgan fingerprint density at radius 2 is 1.80 bits per heavy atom. The van der Waals surface area contributed by atoms with Crippen molar-refractivity contribution >= 4 is 11.7 Å². The predicted molar refractivity (Wildman–Crippen MR) is 61.7 cm³/mol. The molecule has 0 aliphatic rings. The van der Waals surface area contributed by atoms with Crippen LogP contribution in [0.15, 0.2) is 0 Å². The van der Waals surface area contributed by atoms with Crippen molar-refractivity contribution in [2.45, 2.75) is 65.3 Å². The molecule has 0 spiro atoms. The number of carbonyl (C=O) groups excluding carboxylic acids is 2. The zero-order chi connectivity index (χ0) is 11.7. The zero-order valence-corrected chi connectivity index (χ0v) is 10.1. The molecule has 0 aromatic carbocycles. The largest absolute Gasteiger partial charge is 0.353 e. The molecule has 0 aliphatic carbocycles. The molecule has 3 nitrogen and oxygen atoms in total. The summed E-state index contributed by atoms with van der Waals surface area (Å²) >= 11 is 0. The standard InChI is InChI=1S/C12H23NO2/c1-4-6-8-11(7-5-2)13-12(15)9-10(3)14/h11H,4-9H2,1-3H3,(H,13,15). The number of hydrogen-bond acceptors (Lipinski definition) is 2. The van der Waals surface area contributed by atoms with Gasteiger partial charge < -0.3 is 5.32 Å². The molecule has 0 radical (unpaired) electrons. The van der Waals surface area contributed by atoms with E-state index in [9.17, 15) is 9.59 Å². The first-order valence-corrected chi connectivity index (χ1v) is 5.88. The lowest BCUT2D eigenvalue weighted by Gasteiger charge is -2.17. The Morgan fingerprint density at radius 3 is 2.27 bits per heavy atom. The third-order valence-corrected chi connectivity index (χ3v) is 2.32. The van der Waals surface area contributed by atoms with Gasteiger partial charge in [0.2, 0.25) is 5.91 Å². The van der Waals surface area contributed by atoms with Crippen LogP contribution < -0.4 is 5.32 Å². The molecule has 3 heteroatoms. The van der Waals surface area contributed by atoms with Gasteiger partial charge in [-0.05, 0) is 19.8 Å². The summed E-state index contributed by atoms with van der Waals surface area (Å²) in [5, 5.41) is 2.92. The van der Waals surface area contributed by atoms with E-state index in [1.54, 1.807) is 0 Å². The molecule has 1 N–H and O–H groups in total. The fourth-order valence-corrected chi connectivity index (χ4v) is 1.59. The Kier molecular flexibility index (Phi) is 7.96. The maximum Gasteiger partial charge on any atom is 0.227 e. The van der Waals surface area contributed by atoms with E-state index in [1.165, 1.54) is 6.92 Å². The van der Waals surface area contributed by atoms with E-state index in [1.807, 2.05) is 0 Å². The summed E-state index contributed by atoms with van der Waals surface area (Å²) in [6, 6.07) is 0.252. The summed E-state index contributed by atoms with van der Waals surface area (Å²) in [5.41, 5.74) is 0. The van der Waals surface area contributed by atoms with Crippen LogP contribution >= 0.6 is 0 Å². The van der Waals surface area contributed by atoms with Gasteiger partial charge in [-0.1, -0.05) is 33.1 Å². The number of hydrogen-bond donors (Lipinski definition) is 1. The molecule has 0 aromatic heterocycles. The fraction of sp³-hybridized carbons (Fsp3) is 0.833. The number of rotatable bonds is 8.